The Hall–Kier alpha value is -2.36. The molecule has 0 saturated carbocycles. The number of hydrogen-bond acceptors (Lipinski definition) is 5. The lowest BCUT2D eigenvalue weighted by Gasteiger charge is -2.08. The molecule has 2 rings (SSSR count). The van der Waals surface area contributed by atoms with Crippen molar-refractivity contribution in [3.05, 3.63) is 57.0 Å². The molecule has 0 bridgehead atoms. The van der Waals surface area contributed by atoms with Crippen LogP contribution in [0.25, 0.3) is 0 Å². The van der Waals surface area contributed by atoms with E-state index in [0.717, 1.165) is 5.56 Å². The Balaban J connectivity index is 2.20. The molecular weight excluding hydrogens is 290 g/mol. The zero-order chi connectivity index (χ0) is 15.2. The van der Waals surface area contributed by atoms with Gasteiger partial charge in [0.25, 0.3) is 5.56 Å². The summed E-state index contributed by atoms with van der Waals surface area (Å²) in [7, 11) is 0. The van der Waals surface area contributed by atoms with Crippen molar-refractivity contribution in [1.82, 2.24) is 9.78 Å². The Bertz CT molecular complexity index is 735. The summed E-state index contributed by atoms with van der Waals surface area (Å²) in [6, 6.07) is 8.41. The molecule has 0 amide bonds. The monoisotopic (exact) mass is 303 g/mol. The summed E-state index contributed by atoms with van der Waals surface area (Å²) >= 11 is 6.09. The zero-order valence-electron chi connectivity index (χ0n) is 11.2. The van der Waals surface area contributed by atoms with Crippen molar-refractivity contribution < 1.29 is 0 Å². The fourth-order valence-electron chi connectivity index (χ4n) is 1.77. The summed E-state index contributed by atoms with van der Waals surface area (Å²) in [5.74, 6) is 0. The largest absolute Gasteiger partial charge is 0.382 e. The Morgan fingerprint density at radius 1 is 1.43 bits per heavy atom. The molecule has 108 valence electrons. The van der Waals surface area contributed by atoms with Crippen molar-refractivity contribution in [3.8, 4) is 6.07 Å². The first kappa shape index (κ1) is 15.0. The summed E-state index contributed by atoms with van der Waals surface area (Å²) < 4.78 is 1.31. The van der Waals surface area contributed by atoms with Crippen LogP contribution < -0.4 is 16.6 Å². The number of halogens is 1. The summed E-state index contributed by atoms with van der Waals surface area (Å²) in [5, 5.41) is 16.3. The molecule has 0 aliphatic carbocycles. The first-order valence-electron chi connectivity index (χ1n) is 6.33. The number of benzene rings is 1. The van der Waals surface area contributed by atoms with E-state index < -0.39 is 0 Å². The van der Waals surface area contributed by atoms with Crippen molar-refractivity contribution in [2.45, 2.75) is 6.54 Å². The number of nitrogens with two attached hydrogens (primary N) is 1. The van der Waals surface area contributed by atoms with E-state index in [-0.39, 0.29) is 12.1 Å². The van der Waals surface area contributed by atoms with Gasteiger partial charge < -0.3 is 11.1 Å². The van der Waals surface area contributed by atoms with Gasteiger partial charge in [0.05, 0.1) is 30.1 Å². The first-order valence-corrected chi connectivity index (χ1v) is 6.71. The van der Waals surface area contributed by atoms with Crippen LogP contribution in [0.4, 0.5) is 5.69 Å². The first-order chi connectivity index (χ1) is 10.1. The summed E-state index contributed by atoms with van der Waals surface area (Å²) in [6.07, 6.45) is 1.56. The number of anilines is 1. The minimum absolute atomic E-state index is 0.238. The van der Waals surface area contributed by atoms with Crippen LogP contribution in [-0.4, -0.2) is 22.9 Å². The van der Waals surface area contributed by atoms with E-state index in [2.05, 4.69) is 10.4 Å². The molecule has 21 heavy (non-hydrogen) atoms. The lowest BCUT2D eigenvalue weighted by atomic mass is 10.1. The normalized spacial score (nSPS) is 10.1. The quantitative estimate of drug-likeness (QED) is 0.864. The van der Waals surface area contributed by atoms with Crippen molar-refractivity contribution in [2.75, 3.05) is 18.4 Å². The minimum Gasteiger partial charge on any atom is -0.382 e. The Labute approximate surface area is 126 Å². The number of nitrogens with one attached hydrogen (secondary N) is 1. The molecule has 0 fully saturated rings. The second-order valence-corrected chi connectivity index (χ2v) is 4.78. The maximum Gasteiger partial charge on any atom is 0.269 e. The van der Waals surface area contributed by atoms with Crippen molar-refractivity contribution in [2.24, 2.45) is 5.73 Å². The fourth-order valence-corrected chi connectivity index (χ4v) is 2.01. The maximum atomic E-state index is 12.0. The van der Waals surface area contributed by atoms with Crippen molar-refractivity contribution >= 4 is 17.3 Å². The SMILES string of the molecule is N#Cc1ccc(Cn2ncc(NCCN)cc2=O)c(Cl)c1. The second kappa shape index (κ2) is 6.88. The van der Waals surface area contributed by atoms with Crippen LogP contribution >= 0.6 is 11.6 Å². The van der Waals surface area contributed by atoms with Crippen molar-refractivity contribution in [3.63, 3.8) is 0 Å². The van der Waals surface area contributed by atoms with Gasteiger partial charge in [-0.3, -0.25) is 4.79 Å². The molecule has 1 aromatic carbocycles. The van der Waals surface area contributed by atoms with Crippen LogP contribution in [0.5, 0.6) is 0 Å². The molecule has 0 radical (unpaired) electrons. The van der Waals surface area contributed by atoms with E-state index in [1.165, 1.54) is 10.7 Å². The van der Waals surface area contributed by atoms with Gasteiger partial charge in [0.1, 0.15) is 0 Å². The highest BCUT2D eigenvalue weighted by Gasteiger charge is 2.06. The van der Waals surface area contributed by atoms with E-state index in [1.807, 2.05) is 6.07 Å². The highest BCUT2D eigenvalue weighted by atomic mass is 35.5. The second-order valence-electron chi connectivity index (χ2n) is 4.37. The molecular formula is C14H14ClN5O. The highest BCUT2D eigenvalue weighted by molar-refractivity contribution is 6.31. The number of rotatable bonds is 5. The van der Waals surface area contributed by atoms with Gasteiger partial charge in [-0.2, -0.15) is 10.4 Å². The predicted octanol–water partition coefficient (Wildman–Crippen LogP) is 1.19. The van der Waals surface area contributed by atoms with Crippen LogP contribution in [0.1, 0.15) is 11.1 Å². The Morgan fingerprint density at radius 3 is 2.86 bits per heavy atom. The van der Waals surface area contributed by atoms with Crippen LogP contribution in [0.2, 0.25) is 5.02 Å². The smallest absolute Gasteiger partial charge is 0.269 e. The van der Waals surface area contributed by atoms with E-state index >= 15 is 0 Å². The number of nitriles is 1. The molecule has 2 aromatic rings. The van der Waals surface area contributed by atoms with Crippen molar-refractivity contribution in [1.29, 1.82) is 5.26 Å². The van der Waals surface area contributed by atoms with Gasteiger partial charge in [-0.05, 0) is 17.7 Å². The third-order valence-electron chi connectivity index (χ3n) is 2.85. The van der Waals surface area contributed by atoms with Crippen LogP contribution in [0.15, 0.2) is 35.3 Å². The Kier molecular flexibility index (Phi) is 4.93. The fraction of sp³-hybridized carbons (Fsp3) is 0.214. The molecule has 0 saturated heterocycles. The van der Waals surface area contributed by atoms with Gasteiger partial charge in [0.15, 0.2) is 0 Å². The lowest BCUT2D eigenvalue weighted by Crippen LogP contribution is -2.24. The molecule has 0 atom stereocenters. The third-order valence-corrected chi connectivity index (χ3v) is 3.20. The van der Waals surface area contributed by atoms with Gasteiger partial charge in [0.2, 0.25) is 0 Å². The highest BCUT2D eigenvalue weighted by Crippen LogP contribution is 2.18. The molecule has 3 N–H and O–H groups in total. The third kappa shape index (κ3) is 3.81. The molecule has 0 unspecified atom stereocenters. The molecule has 6 nitrogen and oxygen atoms in total. The number of hydrogen-bond donors (Lipinski definition) is 2. The van der Waals surface area contributed by atoms with Gasteiger partial charge in [-0.15, -0.1) is 0 Å². The average molecular weight is 304 g/mol. The average Bonchev–Trinajstić information content (AvgIpc) is 2.49. The Morgan fingerprint density at radius 2 is 2.24 bits per heavy atom. The van der Waals surface area contributed by atoms with Crippen LogP contribution in [-0.2, 0) is 6.54 Å². The van der Waals surface area contributed by atoms with E-state index in [9.17, 15) is 4.79 Å². The molecule has 1 aromatic heterocycles. The molecule has 0 aliphatic heterocycles. The molecule has 0 spiro atoms. The maximum absolute atomic E-state index is 12.0. The summed E-state index contributed by atoms with van der Waals surface area (Å²) in [5.41, 5.74) is 6.98. The standard InChI is InChI=1S/C14H14ClN5O/c15-13-5-10(7-17)1-2-11(13)9-20-14(21)6-12(8-19-20)18-4-3-16/h1-2,5-6,8,18H,3-4,9,16H2. The summed E-state index contributed by atoms with van der Waals surface area (Å²) in [4.78, 5) is 12.0. The minimum atomic E-state index is -0.238. The topological polar surface area (TPSA) is 96.7 Å². The van der Waals surface area contributed by atoms with Gasteiger partial charge in [0, 0.05) is 24.2 Å². The molecule has 0 aliphatic rings. The number of aromatic nitrogens is 2. The van der Waals surface area contributed by atoms with Gasteiger partial charge in [-0.25, -0.2) is 4.68 Å². The molecule has 1 heterocycles. The molecule has 7 heteroatoms. The van der Waals surface area contributed by atoms with E-state index in [0.29, 0.717) is 29.4 Å². The van der Waals surface area contributed by atoms with Crippen LogP contribution in [0, 0.1) is 11.3 Å². The summed E-state index contributed by atoms with van der Waals surface area (Å²) in [6.45, 7) is 1.30. The zero-order valence-corrected chi connectivity index (χ0v) is 12.0. The van der Waals surface area contributed by atoms with Gasteiger partial charge in [-0.1, -0.05) is 17.7 Å². The van der Waals surface area contributed by atoms with E-state index in [4.69, 9.17) is 22.6 Å². The predicted molar refractivity (Wildman–Crippen MR) is 81.3 cm³/mol. The number of nitrogens with zero attached hydrogens (tertiary/aromatic N) is 3. The van der Waals surface area contributed by atoms with E-state index in [1.54, 1.807) is 24.4 Å². The van der Waals surface area contributed by atoms with Gasteiger partial charge >= 0.3 is 0 Å². The van der Waals surface area contributed by atoms with Crippen LogP contribution in [0.3, 0.4) is 0 Å². The lowest BCUT2D eigenvalue weighted by molar-refractivity contribution is 0.639.